The Kier molecular flexibility index (Phi) is 2.64. The smallest absolute Gasteiger partial charge is 0.310 e. The maximum absolute atomic E-state index is 11.7. The van der Waals surface area contributed by atoms with Gasteiger partial charge in [0, 0.05) is 24.7 Å². The van der Waals surface area contributed by atoms with Crippen molar-refractivity contribution in [2.45, 2.75) is 6.04 Å². The summed E-state index contributed by atoms with van der Waals surface area (Å²) in [5, 5.41) is 11.7. The molecule has 0 aromatic heterocycles. The van der Waals surface area contributed by atoms with Crippen molar-refractivity contribution in [3.05, 3.63) is 0 Å². The lowest BCUT2D eigenvalue weighted by atomic mass is 9.99. The molecule has 1 unspecified atom stereocenters. The Bertz CT molecular complexity index is 259. The van der Waals surface area contributed by atoms with E-state index in [1.54, 1.807) is 16.7 Å². The van der Waals surface area contributed by atoms with Gasteiger partial charge in [-0.05, 0) is 0 Å². The Morgan fingerprint density at radius 3 is 2.64 bits per heavy atom. The number of carboxylic acid groups (broad SMARTS) is 1. The van der Waals surface area contributed by atoms with Crippen molar-refractivity contribution in [3.8, 4) is 0 Å². The highest BCUT2D eigenvalue weighted by Crippen LogP contribution is 2.19. The van der Waals surface area contributed by atoms with E-state index in [9.17, 15) is 9.59 Å². The lowest BCUT2D eigenvalue weighted by Gasteiger charge is -2.38. The monoisotopic (exact) mass is 216 g/mol. The fourth-order valence-electron chi connectivity index (χ4n) is 1.59. The molecule has 0 aromatic carbocycles. The number of likely N-dealkylation sites (tertiary alicyclic amines) is 1. The van der Waals surface area contributed by atoms with E-state index in [0.29, 0.717) is 13.1 Å². The molecule has 78 valence electrons. The molecule has 1 amide bonds. The van der Waals surface area contributed by atoms with Crippen LogP contribution in [0.4, 0.5) is 0 Å². The fraction of sp³-hybridized carbons (Fsp3) is 0.750. The predicted molar refractivity (Wildman–Crippen MR) is 52.0 cm³/mol. The summed E-state index contributed by atoms with van der Waals surface area (Å²) in [5.74, 6) is 0.503. The molecule has 0 aromatic rings. The van der Waals surface area contributed by atoms with E-state index < -0.39 is 5.97 Å². The van der Waals surface area contributed by atoms with Crippen LogP contribution in [0.15, 0.2) is 0 Å². The van der Waals surface area contributed by atoms with Gasteiger partial charge in [0.15, 0.2) is 0 Å². The molecule has 0 saturated carbocycles. The normalized spacial score (nSPS) is 27.4. The predicted octanol–water partition coefficient (Wildman–Crippen LogP) is -0.808. The van der Waals surface area contributed by atoms with Gasteiger partial charge in [0.25, 0.3) is 0 Å². The summed E-state index contributed by atoms with van der Waals surface area (Å²) in [7, 11) is 0. The number of hydrogen-bond acceptors (Lipinski definition) is 4. The zero-order valence-electron chi connectivity index (χ0n) is 7.60. The van der Waals surface area contributed by atoms with Gasteiger partial charge in [0.2, 0.25) is 5.91 Å². The molecular formula is C8H12N2O3S. The van der Waals surface area contributed by atoms with Gasteiger partial charge in [-0.25, -0.2) is 0 Å². The second kappa shape index (κ2) is 3.78. The number of carboxylic acids is 1. The highest BCUT2D eigenvalue weighted by molar-refractivity contribution is 7.99. The van der Waals surface area contributed by atoms with E-state index in [1.165, 1.54) is 0 Å². The van der Waals surface area contributed by atoms with Crippen LogP contribution in [0.5, 0.6) is 0 Å². The number of aliphatic carboxylic acids is 1. The first-order chi connectivity index (χ1) is 6.68. The first kappa shape index (κ1) is 9.79. The quantitative estimate of drug-likeness (QED) is 0.632. The first-order valence-corrected chi connectivity index (χ1v) is 5.66. The Morgan fingerprint density at radius 1 is 1.43 bits per heavy atom. The van der Waals surface area contributed by atoms with Crippen molar-refractivity contribution >= 4 is 23.6 Å². The average molecular weight is 216 g/mol. The van der Waals surface area contributed by atoms with Gasteiger partial charge in [-0.1, -0.05) is 0 Å². The second-order valence-electron chi connectivity index (χ2n) is 3.55. The number of nitrogens with one attached hydrogen (secondary N) is 1. The van der Waals surface area contributed by atoms with Crippen LogP contribution in [0.25, 0.3) is 0 Å². The van der Waals surface area contributed by atoms with E-state index in [1.807, 2.05) is 0 Å². The molecule has 0 spiro atoms. The minimum atomic E-state index is -0.803. The van der Waals surface area contributed by atoms with E-state index in [2.05, 4.69) is 5.32 Å². The second-order valence-corrected chi connectivity index (χ2v) is 4.58. The van der Waals surface area contributed by atoms with Crippen molar-refractivity contribution in [2.75, 3.05) is 24.7 Å². The van der Waals surface area contributed by atoms with Gasteiger partial charge in [-0.15, -0.1) is 11.8 Å². The van der Waals surface area contributed by atoms with Crippen LogP contribution < -0.4 is 5.32 Å². The summed E-state index contributed by atoms with van der Waals surface area (Å²) in [6.45, 7) is 0.744. The van der Waals surface area contributed by atoms with Gasteiger partial charge in [-0.2, -0.15) is 0 Å². The lowest BCUT2D eigenvalue weighted by molar-refractivity contribution is -0.153. The summed E-state index contributed by atoms with van der Waals surface area (Å²) in [4.78, 5) is 23.8. The molecule has 0 radical (unpaired) electrons. The molecule has 2 N–H and O–H groups in total. The van der Waals surface area contributed by atoms with Crippen LogP contribution in [0.2, 0.25) is 0 Å². The third-order valence-corrected chi connectivity index (χ3v) is 3.50. The minimum Gasteiger partial charge on any atom is -0.481 e. The maximum atomic E-state index is 11.7. The number of amides is 1. The third kappa shape index (κ3) is 1.72. The standard InChI is InChI=1S/C8H12N2O3S/c11-7(6-3-14-4-9-6)10-1-5(2-10)8(12)13/h5-6,9H,1-4H2,(H,12,13). The molecule has 5 nitrogen and oxygen atoms in total. The largest absolute Gasteiger partial charge is 0.481 e. The molecule has 0 bridgehead atoms. The van der Waals surface area contributed by atoms with Crippen molar-refractivity contribution in [2.24, 2.45) is 5.92 Å². The Morgan fingerprint density at radius 2 is 2.14 bits per heavy atom. The van der Waals surface area contributed by atoms with Gasteiger partial charge in [0.05, 0.1) is 12.0 Å². The molecule has 1 atom stereocenters. The Balaban J connectivity index is 1.81. The van der Waals surface area contributed by atoms with Gasteiger partial charge in [-0.3, -0.25) is 14.9 Å². The number of nitrogens with zero attached hydrogens (tertiary/aromatic N) is 1. The highest BCUT2D eigenvalue weighted by Gasteiger charge is 2.38. The van der Waals surface area contributed by atoms with E-state index in [0.717, 1.165) is 11.6 Å². The van der Waals surface area contributed by atoms with Crippen LogP contribution in [0, 0.1) is 5.92 Å². The fourth-order valence-corrected chi connectivity index (χ4v) is 2.52. The molecule has 0 aliphatic carbocycles. The van der Waals surface area contributed by atoms with Crippen LogP contribution in [0.1, 0.15) is 0 Å². The molecule has 2 aliphatic rings. The summed E-state index contributed by atoms with van der Waals surface area (Å²) >= 11 is 1.69. The zero-order chi connectivity index (χ0) is 10.1. The number of rotatable bonds is 2. The minimum absolute atomic E-state index is 0.0486. The van der Waals surface area contributed by atoms with Crippen molar-refractivity contribution in [1.29, 1.82) is 0 Å². The van der Waals surface area contributed by atoms with E-state index >= 15 is 0 Å². The van der Waals surface area contributed by atoms with Crippen LogP contribution in [-0.2, 0) is 9.59 Å². The van der Waals surface area contributed by atoms with E-state index in [4.69, 9.17) is 5.11 Å². The zero-order valence-corrected chi connectivity index (χ0v) is 8.42. The molecular weight excluding hydrogens is 204 g/mol. The summed E-state index contributed by atoms with van der Waals surface area (Å²) < 4.78 is 0. The molecule has 6 heteroatoms. The van der Waals surface area contributed by atoms with Crippen molar-refractivity contribution < 1.29 is 14.7 Å². The molecule has 2 heterocycles. The molecule has 2 aliphatic heterocycles. The topological polar surface area (TPSA) is 69.6 Å². The average Bonchev–Trinajstić information content (AvgIpc) is 2.51. The first-order valence-electron chi connectivity index (χ1n) is 4.51. The molecule has 14 heavy (non-hydrogen) atoms. The highest BCUT2D eigenvalue weighted by atomic mass is 32.2. The van der Waals surface area contributed by atoms with Crippen LogP contribution in [0.3, 0.4) is 0 Å². The summed E-state index contributed by atoms with van der Waals surface area (Å²) in [5.41, 5.74) is 0. The Hall–Kier alpha value is -0.750. The lowest BCUT2D eigenvalue weighted by Crippen LogP contribution is -2.57. The number of carbonyl (C=O) groups excluding carboxylic acids is 1. The molecule has 2 saturated heterocycles. The van der Waals surface area contributed by atoms with E-state index in [-0.39, 0.29) is 17.9 Å². The summed E-state index contributed by atoms with van der Waals surface area (Å²) in [6.07, 6.45) is 0. The molecule has 2 rings (SSSR count). The SMILES string of the molecule is O=C(O)C1CN(C(=O)C2CSCN2)C1. The maximum Gasteiger partial charge on any atom is 0.310 e. The number of carbonyl (C=O) groups is 2. The van der Waals surface area contributed by atoms with Gasteiger partial charge >= 0.3 is 5.97 Å². The van der Waals surface area contributed by atoms with Crippen LogP contribution in [-0.4, -0.2) is 52.6 Å². The van der Waals surface area contributed by atoms with Gasteiger partial charge in [0.1, 0.15) is 0 Å². The summed E-state index contributed by atoms with van der Waals surface area (Å²) in [6, 6.07) is -0.102. The third-order valence-electron chi connectivity index (χ3n) is 2.56. The van der Waals surface area contributed by atoms with Gasteiger partial charge < -0.3 is 10.0 Å². The molecule has 2 fully saturated rings. The van der Waals surface area contributed by atoms with Crippen LogP contribution >= 0.6 is 11.8 Å². The number of thioether (sulfide) groups is 1. The Labute approximate surface area is 85.8 Å². The van der Waals surface area contributed by atoms with Crippen molar-refractivity contribution in [3.63, 3.8) is 0 Å². The van der Waals surface area contributed by atoms with Crippen molar-refractivity contribution in [1.82, 2.24) is 10.2 Å². The number of hydrogen-bond donors (Lipinski definition) is 2.